The highest BCUT2D eigenvalue weighted by molar-refractivity contribution is 5.73. The highest BCUT2D eigenvalue weighted by atomic mass is 16.7. The van der Waals surface area contributed by atoms with Crippen molar-refractivity contribution in [1.82, 2.24) is 9.97 Å². The van der Waals surface area contributed by atoms with Gasteiger partial charge in [0.25, 0.3) is 0 Å². The maximum atomic E-state index is 11.9. The summed E-state index contributed by atoms with van der Waals surface area (Å²) in [5.41, 5.74) is 2.64. The molecule has 29 heavy (non-hydrogen) atoms. The Bertz CT molecular complexity index is 1110. The topological polar surface area (TPSA) is 82.7 Å². The lowest BCUT2D eigenvalue weighted by atomic mass is 10.1. The number of hydrogen-bond acceptors (Lipinski definition) is 6. The number of aromatic amines is 1. The summed E-state index contributed by atoms with van der Waals surface area (Å²) >= 11 is 0. The summed E-state index contributed by atoms with van der Waals surface area (Å²) in [7, 11) is 0. The van der Waals surface area contributed by atoms with Crippen molar-refractivity contribution in [1.29, 1.82) is 0 Å². The van der Waals surface area contributed by atoms with Crippen molar-refractivity contribution in [2.75, 3.05) is 13.6 Å². The van der Waals surface area contributed by atoms with Gasteiger partial charge >= 0.3 is 5.69 Å². The molecular formula is C22H16N2O5. The molecule has 7 nitrogen and oxygen atoms in total. The van der Waals surface area contributed by atoms with Crippen LogP contribution in [-0.2, 0) is 0 Å². The third-order valence-electron chi connectivity index (χ3n) is 4.48. The van der Waals surface area contributed by atoms with Crippen molar-refractivity contribution in [3.63, 3.8) is 0 Å². The molecule has 0 saturated carbocycles. The zero-order chi connectivity index (χ0) is 19.6. The number of H-pyrrole nitrogens is 1. The summed E-state index contributed by atoms with van der Waals surface area (Å²) in [6.07, 6.45) is 7.36. The monoisotopic (exact) mass is 388 g/mol. The molecule has 1 N–H and O–H groups in total. The summed E-state index contributed by atoms with van der Waals surface area (Å²) in [6, 6.07) is 13.1. The van der Waals surface area contributed by atoms with Crippen LogP contribution in [-0.4, -0.2) is 23.6 Å². The largest absolute Gasteiger partial charge is 0.454 e. The number of fused-ring (bicyclic) bond motifs is 2. The van der Waals surface area contributed by atoms with Crippen LogP contribution < -0.4 is 24.6 Å². The summed E-state index contributed by atoms with van der Waals surface area (Å²) < 4.78 is 21.4. The van der Waals surface area contributed by atoms with E-state index in [0.29, 0.717) is 22.9 Å². The molecule has 0 unspecified atom stereocenters. The minimum atomic E-state index is -0.414. The fourth-order valence-electron chi connectivity index (χ4n) is 3.07. The van der Waals surface area contributed by atoms with Crippen LogP contribution in [0.5, 0.6) is 23.0 Å². The van der Waals surface area contributed by atoms with Gasteiger partial charge in [-0.3, -0.25) is 0 Å². The second kappa shape index (κ2) is 7.20. The molecule has 0 atom stereocenters. The third-order valence-corrected chi connectivity index (χ3v) is 4.48. The first-order valence-electron chi connectivity index (χ1n) is 9.00. The molecule has 2 aliphatic heterocycles. The quantitative estimate of drug-likeness (QED) is 0.736. The van der Waals surface area contributed by atoms with Gasteiger partial charge in [0, 0.05) is 5.69 Å². The van der Waals surface area contributed by atoms with Gasteiger partial charge < -0.3 is 23.9 Å². The van der Waals surface area contributed by atoms with Crippen molar-refractivity contribution in [2.45, 2.75) is 0 Å². The first-order chi connectivity index (χ1) is 14.2. The van der Waals surface area contributed by atoms with E-state index < -0.39 is 5.69 Å². The van der Waals surface area contributed by atoms with Crippen LogP contribution in [0.2, 0.25) is 0 Å². The molecule has 3 heterocycles. The molecule has 3 aromatic rings. The van der Waals surface area contributed by atoms with Crippen LogP contribution in [0.15, 0.2) is 47.3 Å². The predicted molar refractivity (Wildman–Crippen MR) is 108 cm³/mol. The summed E-state index contributed by atoms with van der Waals surface area (Å²) in [4.78, 5) is 18.7. The molecule has 0 spiro atoms. The van der Waals surface area contributed by atoms with Crippen LogP contribution in [0.4, 0.5) is 0 Å². The lowest BCUT2D eigenvalue weighted by Gasteiger charge is -2.00. The molecular weight excluding hydrogens is 372 g/mol. The Labute approximate surface area is 165 Å². The van der Waals surface area contributed by atoms with Crippen LogP contribution >= 0.6 is 0 Å². The molecule has 1 aromatic heterocycles. The third kappa shape index (κ3) is 3.70. The predicted octanol–water partition coefficient (Wildman–Crippen LogP) is 3.57. The lowest BCUT2D eigenvalue weighted by molar-refractivity contribution is 0.173. The van der Waals surface area contributed by atoms with Gasteiger partial charge in [0.2, 0.25) is 13.6 Å². The van der Waals surface area contributed by atoms with Crippen LogP contribution in [0, 0.1) is 0 Å². The molecule has 0 radical (unpaired) electrons. The maximum absolute atomic E-state index is 11.9. The van der Waals surface area contributed by atoms with Gasteiger partial charge in [-0.2, -0.15) is 4.98 Å². The average molecular weight is 388 g/mol. The zero-order valence-electron chi connectivity index (χ0n) is 15.3. The maximum Gasteiger partial charge on any atom is 0.345 e. The number of hydrogen-bond donors (Lipinski definition) is 1. The number of nitrogens with one attached hydrogen (secondary N) is 1. The van der Waals surface area contributed by atoms with Gasteiger partial charge in [-0.25, -0.2) is 4.79 Å². The van der Waals surface area contributed by atoms with E-state index in [1.165, 1.54) is 0 Å². The summed E-state index contributed by atoms with van der Waals surface area (Å²) in [6.45, 7) is 0.469. The van der Waals surface area contributed by atoms with E-state index in [1.807, 2.05) is 54.6 Å². The molecule has 0 aliphatic carbocycles. The molecule has 7 heteroatoms. The van der Waals surface area contributed by atoms with E-state index in [0.717, 1.165) is 22.6 Å². The highest BCUT2D eigenvalue weighted by Gasteiger charge is 2.13. The smallest absolute Gasteiger partial charge is 0.345 e. The fourth-order valence-corrected chi connectivity index (χ4v) is 3.07. The Morgan fingerprint density at radius 1 is 0.724 bits per heavy atom. The van der Waals surface area contributed by atoms with Crippen LogP contribution in [0.3, 0.4) is 0 Å². The fraction of sp³-hybridized carbons (Fsp3) is 0.0909. The van der Waals surface area contributed by atoms with Gasteiger partial charge in [0.1, 0.15) is 0 Å². The normalized spacial score (nSPS) is 14.2. The minimum Gasteiger partial charge on any atom is -0.454 e. The number of aromatic nitrogens is 2. The first kappa shape index (κ1) is 17.1. The van der Waals surface area contributed by atoms with E-state index in [2.05, 4.69) is 9.97 Å². The second-order valence-corrected chi connectivity index (χ2v) is 6.46. The van der Waals surface area contributed by atoms with Crippen LogP contribution in [0.25, 0.3) is 24.3 Å². The number of ether oxygens (including phenoxy) is 4. The van der Waals surface area contributed by atoms with Crippen molar-refractivity contribution < 1.29 is 18.9 Å². The number of benzene rings is 2. The van der Waals surface area contributed by atoms with E-state index >= 15 is 0 Å². The average Bonchev–Trinajstić information content (AvgIpc) is 3.38. The Morgan fingerprint density at radius 2 is 1.31 bits per heavy atom. The molecule has 144 valence electrons. The van der Waals surface area contributed by atoms with Crippen molar-refractivity contribution >= 4 is 24.3 Å². The van der Waals surface area contributed by atoms with E-state index in [1.54, 1.807) is 12.1 Å². The standard InChI is InChI=1S/C22H16N2O5/c25-22-23-16(5-1-14-3-7-18-20(9-14)28-12-26-18)11-17(24-22)6-2-15-4-8-19-21(10-15)29-13-27-19/h1-11H,12-13H2,(H,23,24,25)/b5-1+,6-2+. The van der Waals surface area contributed by atoms with Gasteiger partial charge in [0.05, 0.1) is 5.69 Å². The van der Waals surface area contributed by atoms with E-state index in [4.69, 9.17) is 18.9 Å². The van der Waals surface area contributed by atoms with Gasteiger partial charge in [-0.15, -0.1) is 0 Å². The molecule has 0 fully saturated rings. The molecule has 5 rings (SSSR count). The lowest BCUT2D eigenvalue weighted by Crippen LogP contribution is -2.12. The van der Waals surface area contributed by atoms with Gasteiger partial charge in [-0.05, 0) is 53.6 Å². The SMILES string of the molecule is O=c1nc(/C=C/c2ccc3c(c2)OCO3)cc(/C=C/c2ccc3c(c2)OCO3)[nH]1. The number of nitrogens with zero attached hydrogens (tertiary/aromatic N) is 1. The van der Waals surface area contributed by atoms with Gasteiger partial charge in [-0.1, -0.05) is 24.3 Å². The summed E-state index contributed by atoms with van der Waals surface area (Å²) in [5.74, 6) is 2.88. The minimum absolute atomic E-state index is 0.233. The molecule has 2 aromatic carbocycles. The molecule has 0 amide bonds. The Kier molecular flexibility index (Phi) is 4.25. The van der Waals surface area contributed by atoms with Gasteiger partial charge in [0.15, 0.2) is 23.0 Å². The van der Waals surface area contributed by atoms with E-state index in [9.17, 15) is 4.79 Å². The molecule has 0 saturated heterocycles. The van der Waals surface area contributed by atoms with Crippen LogP contribution in [0.1, 0.15) is 22.5 Å². The second-order valence-electron chi connectivity index (χ2n) is 6.46. The van der Waals surface area contributed by atoms with Crippen molar-refractivity contribution in [2.24, 2.45) is 0 Å². The van der Waals surface area contributed by atoms with E-state index in [-0.39, 0.29) is 13.6 Å². The zero-order valence-corrected chi connectivity index (χ0v) is 15.3. The van der Waals surface area contributed by atoms with Crippen molar-refractivity contribution in [3.8, 4) is 23.0 Å². The number of rotatable bonds is 4. The Morgan fingerprint density at radius 3 is 1.97 bits per heavy atom. The summed E-state index contributed by atoms with van der Waals surface area (Å²) in [5, 5.41) is 0. The first-order valence-corrected chi connectivity index (χ1v) is 9.00. The molecule has 2 aliphatic rings. The highest BCUT2D eigenvalue weighted by Crippen LogP contribution is 2.33. The Balaban J connectivity index is 1.36. The van der Waals surface area contributed by atoms with Crippen molar-refractivity contribution in [3.05, 3.63) is 75.5 Å². The Hall–Kier alpha value is -4.00. The molecule has 0 bridgehead atoms.